The predicted octanol–water partition coefficient (Wildman–Crippen LogP) is 3.10. The van der Waals surface area contributed by atoms with E-state index in [1.165, 1.54) is 11.3 Å². The van der Waals surface area contributed by atoms with E-state index >= 15 is 0 Å². The standard InChI is InChI=1S/C14H16N2O3S2/c1-3-14(2,13(18)19)8-15-11(17)9-7-21-12(16-9)10-5-4-6-20-10/h4-7H,3,8H2,1-2H3,(H,15,17)(H,18,19). The molecule has 7 heteroatoms. The molecule has 1 atom stereocenters. The predicted molar refractivity (Wildman–Crippen MR) is 83.8 cm³/mol. The van der Waals surface area contributed by atoms with Gasteiger partial charge in [0.1, 0.15) is 10.7 Å². The summed E-state index contributed by atoms with van der Waals surface area (Å²) in [6, 6.07) is 3.88. The van der Waals surface area contributed by atoms with Crippen molar-refractivity contribution in [2.75, 3.05) is 6.54 Å². The lowest BCUT2D eigenvalue weighted by molar-refractivity contribution is -0.147. The molecule has 0 aliphatic rings. The van der Waals surface area contributed by atoms with Crippen molar-refractivity contribution in [1.82, 2.24) is 10.3 Å². The molecule has 0 spiro atoms. The smallest absolute Gasteiger partial charge is 0.311 e. The van der Waals surface area contributed by atoms with Gasteiger partial charge in [0.2, 0.25) is 0 Å². The molecule has 5 nitrogen and oxygen atoms in total. The topological polar surface area (TPSA) is 79.3 Å². The monoisotopic (exact) mass is 324 g/mol. The number of carbonyl (C=O) groups excluding carboxylic acids is 1. The maximum atomic E-state index is 12.1. The fourth-order valence-corrected chi connectivity index (χ4v) is 3.22. The Morgan fingerprint density at radius 3 is 2.76 bits per heavy atom. The Morgan fingerprint density at radius 1 is 1.43 bits per heavy atom. The number of aromatic nitrogens is 1. The first-order chi connectivity index (χ1) is 9.96. The first-order valence-electron chi connectivity index (χ1n) is 6.47. The second kappa shape index (κ2) is 6.36. The van der Waals surface area contributed by atoms with Gasteiger partial charge in [-0.1, -0.05) is 13.0 Å². The molecule has 0 saturated carbocycles. The number of carboxylic acids is 1. The molecular weight excluding hydrogens is 308 g/mol. The highest BCUT2D eigenvalue weighted by Gasteiger charge is 2.31. The largest absolute Gasteiger partial charge is 0.481 e. The number of nitrogens with zero attached hydrogens (tertiary/aromatic N) is 1. The van der Waals surface area contributed by atoms with Gasteiger partial charge in [0.05, 0.1) is 10.3 Å². The second-order valence-electron chi connectivity index (χ2n) is 4.92. The molecule has 0 aliphatic heterocycles. The third kappa shape index (κ3) is 3.48. The van der Waals surface area contributed by atoms with Crippen LogP contribution in [0.4, 0.5) is 0 Å². The van der Waals surface area contributed by atoms with Crippen molar-refractivity contribution in [3.63, 3.8) is 0 Å². The van der Waals surface area contributed by atoms with Gasteiger partial charge < -0.3 is 10.4 Å². The molecule has 21 heavy (non-hydrogen) atoms. The van der Waals surface area contributed by atoms with Crippen LogP contribution in [0.15, 0.2) is 22.9 Å². The van der Waals surface area contributed by atoms with Crippen LogP contribution >= 0.6 is 22.7 Å². The number of thiophene rings is 1. The number of hydrogen-bond acceptors (Lipinski definition) is 5. The third-order valence-corrected chi connectivity index (χ3v) is 5.29. The number of hydrogen-bond donors (Lipinski definition) is 2. The van der Waals surface area contributed by atoms with Crippen molar-refractivity contribution in [2.45, 2.75) is 20.3 Å². The van der Waals surface area contributed by atoms with E-state index < -0.39 is 11.4 Å². The molecule has 2 N–H and O–H groups in total. The molecule has 2 heterocycles. The van der Waals surface area contributed by atoms with Gasteiger partial charge in [-0.2, -0.15) is 0 Å². The molecule has 2 aromatic heterocycles. The molecule has 112 valence electrons. The highest BCUT2D eigenvalue weighted by molar-refractivity contribution is 7.20. The Kier molecular flexibility index (Phi) is 4.74. The van der Waals surface area contributed by atoms with Gasteiger partial charge in [0, 0.05) is 11.9 Å². The van der Waals surface area contributed by atoms with Crippen molar-refractivity contribution < 1.29 is 14.7 Å². The van der Waals surface area contributed by atoms with Gasteiger partial charge in [-0.05, 0) is 24.8 Å². The number of thiazole rings is 1. The zero-order valence-electron chi connectivity index (χ0n) is 11.8. The van der Waals surface area contributed by atoms with Crippen LogP contribution in [0.1, 0.15) is 30.8 Å². The lowest BCUT2D eigenvalue weighted by Crippen LogP contribution is -2.40. The molecule has 1 amide bonds. The van der Waals surface area contributed by atoms with E-state index in [0.717, 1.165) is 9.88 Å². The average molecular weight is 324 g/mol. The van der Waals surface area contributed by atoms with E-state index in [-0.39, 0.29) is 12.5 Å². The van der Waals surface area contributed by atoms with Crippen LogP contribution in [0.5, 0.6) is 0 Å². The quantitative estimate of drug-likeness (QED) is 0.855. The average Bonchev–Trinajstić information content (AvgIpc) is 3.13. The lowest BCUT2D eigenvalue weighted by Gasteiger charge is -2.22. The number of carbonyl (C=O) groups is 2. The maximum absolute atomic E-state index is 12.1. The van der Waals surface area contributed by atoms with E-state index in [0.29, 0.717) is 12.1 Å². The molecule has 0 bridgehead atoms. The van der Waals surface area contributed by atoms with E-state index in [9.17, 15) is 14.7 Å². The van der Waals surface area contributed by atoms with Gasteiger partial charge in [-0.25, -0.2) is 4.98 Å². The first kappa shape index (κ1) is 15.7. The molecule has 2 aromatic rings. The van der Waals surface area contributed by atoms with Crippen LogP contribution in [-0.2, 0) is 4.79 Å². The van der Waals surface area contributed by atoms with Crippen LogP contribution in [-0.4, -0.2) is 28.5 Å². The zero-order chi connectivity index (χ0) is 15.5. The van der Waals surface area contributed by atoms with Crippen LogP contribution in [0.2, 0.25) is 0 Å². The number of carboxylic acid groups (broad SMARTS) is 1. The van der Waals surface area contributed by atoms with Crippen molar-refractivity contribution in [2.24, 2.45) is 5.41 Å². The molecule has 2 rings (SSSR count). The third-order valence-electron chi connectivity index (χ3n) is 3.40. The number of nitrogens with one attached hydrogen (secondary N) is 1. The Labute approximate surface area is 130 Å². The summed E-state index contributed by atoms with van der Waals surface area (Å²) in [5.41, 5.74) is -0.630. The molecule has 0 radical (unpaired) electrons. The summed E-state index contributed by atoms with van der Waals surface area (Å²) in [4.78, 5) is 28.6. The number of aliphatic carboxylic acids is 1. The Balaban J connectivity index is 2.03. The highest BCUT2D eigenvalue weighted by atomic mass is 32.1. The minimum Gasteiger partial charge on any atom is -0.481 e. The summed E-state index contributed by atoms with van der Waals surface area (Å²) in [6.07, 6.45) is 0.445. The Hall–Kier alpha value is -1.73. The molecular formula is C14H16N2O3S2. The van der Waals surface area contributed by atoms with Crippen LogP contribution in [0.3, 0.4) is 0 Å². The summed E-state index contributed by atoms with van der Waals surface area (Å²) >= 11 is 2.97. The van der Waals surface area contributed by atoms with E-state index in [1.807, 2.05) is 17.5 Å². The van der Waals surface area contributed by atoms with Gasteiger partial charge in [0.25, 0.3) is 5.91 Å². The zero-order valence-corrected chi connectivity index (χ0v) is 13.4. The molecule has 1 unspecified atom stereocenters. The SMILES string of the molecule is CCC(C)(CNC(=O)c1csc(-c2cccs2)n1)C(=O)O. The number of amides is 1. The van der Waals surface area contributed by atoms with Crippen LogP contribution in [0, 0.1) is 5.41 Å². The summed E-state index contributed by atoms with van der Waals surface area (Å²) in [7, 11) is 0. The van der Waals surface area contributed by atoms with Gasteiger partial charge in [0.15, 0.2) is 0 Å². The minimum atomic E-state index is -0.956. The van der Waals surface area contributed by atoms with Gasteiger partial charge >= 0.3 is 5.97 Å². The minimum absolute atomic E-state index is 0.0868. The maximum Gasteiger partial charge on any atom is 0.311 e. The van der Waals surface area contributed by atoms with Gasteiger partial charge in [-0.3, -0.25) is 9.59 Å². The van der Waals surface area contributed by atoms with E-state index in [4.69, 9.17) is 0 Å². The molecule has 0 saturated heterocycles. The van der Waals surface area contributed by atoms with Gasteiger partial charge in [-0.15, -0.1) is 22.7 Å². The van der Waals surface area contributed by atoms with Crippen molar-refractivity contribution in [3.05, 3.63) is 28.6 Å². The Bertz CT molecular complexity index is 636. The summed E-state index contributed by atoms with van der Waals surface area (Å²) in [5, 5.41) is 16.3. The summed E-state index contributed by atoms with van der Waals surface area (Å²) in [6.45, 7) is 3.50. The lowest BCUT2D eigenvalue weighted by atomic mass is 9.88. The molecule has 0 fully saturated rings. The van der Waals surface area contributed by atoms with E-state index in [1.54, 1.807) is 30.6 Å². The van der Waals surface area contributed by atoms with Crippen LogP contribution in [0.25, 0.3) is 9.88 Å². The van der Waals surface area contributed by atoms with Crippen LogP contribution < -0.4 is 5.32 Å². The van der Waals surface area contributed by atoms with E-state index in [2.05, 4.69) is 10.3 Å². The normalized spacial score (nSPS) is 13.6. The fourth-order valence-electron chi connectivity index (χ4n) is 1.61. The van der Waals surface area contributed by atoms with Crippen molar-refractivity contribution in [1.29, 1.82) is 0 Å². The summed E-state index contributed by atoms with van der Waals surface area (Å²) in [5.74, 6) is -1.25. The Morgan fingerprint density at radius 2 is 2.19 bits per heavy atom. The highest BCUT2D eigenvalue weighted by Crippen LogP contribution is 2.28. The summed E-state index contributed by atoms with van der Waals surface area (Å²) < 4.78 is 0. The molecule has 0 aliphatic carbocycles. The second-order valence-corrected chi connectivity index (χ2v) is 6.72. The van der Waals surface area contributed by atoms with Crippen molar-refractivity contribution >= 4 is 34.6 Å². The van der Waals surface area contributed by atoms with Crippen molar-refractivity contribution in [3.8, 4) is 9.88 Å². The first-order valence-corrected chi connectivity index (χ1v) is 8.23. The fraction of sp³-hybridized carbons (Fsp3) is 0.357. The molecule has 0 aromatic carbocycles. The number of rotatable bonds is 6.